The zero-order chi connectivity index (χ0) is 13.1. The monoisotopic (exact) mass is 264 g/mol. The molecule has 0 aromatic carbocycles. The molecule has 0 amide bonds. The van der Waals surface area contributed by atoms with Crippen LogP contribution in [0.1, 0.15) is 26.7 Å². The Morgan fingerprint density at radius 2 is 2.29 bits per heavy atom. The van der Waals surface area contributed by atoms with Crippen molar-refractivity contribution in [2.45, 2.75) is 32.7 Å². The van der Waals surface area contributed by atoms with Gasteiger partial charge in [-0.2, -0.15) is 17.4 Å². The minimum atomic E-state index is -3.56. The molecule has 100 valence electrons. The summed E-state index contributed by atoms with van der Waals surface area (Å²) in [4.78, 5) is 0. The zero-order valence-electron chi connectivity index (χ0n) is 10.1. The average Bonchev–Trinajstić information content (AvgIpc) is 2.27. The summed E-state index contributed by atoms with van der Waals surface area (Å²) in [5, 5.41) is 11.3. The number of piperidine rings is 1. The minimum Gasteiger partial charge on any atom is -0.409 e. The van der Waals surface area contributed by atoms with Crippen molar-refractivity contribution in [1.82, 2.24) is 9.03 Å². The molecule has 2 atom stereocenters. The van der Waals surface area contributed by atoms with Gasteiger partial charge in [-0.05, 0) is 25.7 Å². The lowest BCUT2D eigenvalue weighted by molar-refractivity contribution is 0.277. The summed E-state index contributed by atoms with van der Waals surface area (Å²) in [6.07, 6.45) is 1.90. The summed E-state index contributed by atoms with van der Waals surface area (Å²) in [5.41, 5.74) is 5.34. The first kappa shape index (κ1) is 14.2. The van der Waals surface area contributed by atoms with Crippen LogP contribution in [-0.2, 0) is 10.2 Å². The quantitative estimate of drug-likeness (QED) is 0.280. The molecule has 1 heterocycles. The Bertz CT molecular complexity index is 382. The smallest absolute Gasteiger partial charge is 0.280 e. The van der Waals surface area contributed by atoms with Gasteiger partial charge in [-0.1, -0.05) is 12.1 Å². The standard InChI is InChI=1S/C9H20N4O3S/c1-7-4-3-5-13(6-7)17(15,16)12-8(2)9(10)11-14/h7-8,12,14H,3-6H2,1-2H3,(H2,10,11). The Hall–Kier alpha value is -0.860. The Labute approximate surface area is 102 Å². The Morgan fingerprint density at radius 3 is 2.82 bits per heavy atom. The maximum absolute atomic E-state index is 12.0. The lowest BCUT2D eigenvalue weighted by Gasteiger charge is -2.30. The molecule has 2 unspecified atom stereocenters. The molecule has 0 radical (unpaired) electrons. The molecule has 0 spiro atoms. The molecule has 17 heavy (non-hydrogen) atoms. The van der Waals surface area contributed by atoms with Gasteiger partial charge in [0.2, 0.25) is 0 Å². The Morgan fingerprint density at radius 1 is 1.65 bits per heavy atom. The Balaban J connectivity index is 2.68. The molecule has 1 fully saturated rings. The van der Waals surface area contributed by atoms with Gasteiger partial charge in [0.05, 0.1) is 6.04 Å². The van der Waals surface area contributed by atoms with Gasteiger partial charge in [0.1, 0.15) is 0 Å². The van der Waals surface area contributed by atoms with E-state index < -0.39 is 16.3 Å². The maximum atomic E-state index is 12.0. The number of nitrogens with zero attached hydrogens (tertiary/aromatic N) is 2. The second kappa shape index (κ2) is 5.65. The summed E-state index contributed by atoms with van der Waals surface area (Å²) < 4.78 is 27.8. The largest absolute Gasteiger partial charge is 0.409 e. The van der Waals surface area contributed by atoms with Gasteiger partial charge in [0, 0.05) is 13.1 Å². The average molecular weight is 264 g/mol. The van der Waals surface area contributed by atoms with E-state index in [9.17, 15) is 8.42 Å². The first-order valence-corrected chi connectivity index (χ1v) is 7.05. The third kappa shape index (κ3) is 3.83. The molecule has 1 saturated heterocycles. The fraction of sp³-hybridized carbons (Fsp3) is 0.889. The van der Waals surface area contributed by atoms with Gasteiger partial charge in [-0.15, -0.1) is 0 Å². The van der Waals surface area contributed by atoms with Crippen LogP contribution in [0.25, 0.3) is 0 Å². The van der Waals surface area contributed by atoms with Crippen molar-refractivity contribution in [3.63, 3.8) is 0 Å². The zero-order valence-corrected chi connectivity index (χ0v) is 10.9. The van der Waals surface area contributed by atoms with E-state index in [4.69, 9.17) is 10.9 Å². The van der Waals surface area contributed by atoms with Gasteiger partial charge < -0.3 is 10.9 Å². The summed E-state index contributed by atoms with van der Waals surface area (Å²) >= 11 is 0. The fourth-order valence-electron chi connectivity index (χ4n) is 1.81. The van der Waals surface area contributed by atoms with Crippen molar-refractivity contribution in [3.05, 3.63) is 0 Å². The number of rotatable bonds is 4. The summed E-state index contributed by atoms with van der Waals surface area (Å²) in [7, 11) is -3.56. The van der Waals surface area contributed by atoms with E-state index in [1.807, 2.05) is 6.92 Å². The van der Waals surface area contributed by atoms with E-state index >= 15 is 0 Å². The molecule has 8 heteroatoms. The highest BCUT2D eigenvalue weighted by Gasteiger charge is 2.28. The van der Waals surface area contributed by atoms with Crippen LogP contribution >= 0.6 is 0 Å². The van der Waals surface area contributed by atoms with E-state index in [2.05, 4.69) is 9.88 Å². The van der Waals surface area contributed by atoms with Crippen LogP contribution in [0.2, 0.25) is 0 Å². The normalized spacial score (nSPS) is 25.8. The number of oxime groups is 1. The number of hydrogen-bond acceptors (Lipinski definition) is 4. The van der Waals surface area contributed by atoms with E-state index in [0.29, 0.717) is 19.0 Å². The van der Waals surface area contributed by atoms with Gasteiger partial charge in [0.25, 0.3) is 10.2 Å². The third-order valence-corrected chi connectivity index (χ3v) is 4.51. The predicted molar refractivity (Wildman–Crippen MR) is 64.9 cm³/mol. The van der Waals surface area contributed by atoms with Gasteiger partial charge >= 0.3 is 0 Å². The molecule has 1 aliphatic heterocycles. The van der Waals surface area contributed by atoms with Crippen molar-refractivity contribution < 1.29 is 13.6 Å². The van der Waals surface area contributed by atoms with Crippen LogP contribution < -0.4 is 10.5 Å². The van der Waals surface area contributed by atoms with Crippen molar-refractivity contribution in [2.75, 3.05) is 13.1 Å². The molecule has 0 aromatic rings. The molecule has 0 bridgehead atoms. The highest BCUT2D eigenvalue weighted by Crippen LogP contribution is 2.17. The topological polar surface area (TPSA) is 108 Å². The molecule has 0 aliphatic carbocycles. The van der Waals surface area contributed by atoms with Gasteiger partial charge in [0.15, 0.2) is 5.84 Å². The highest BCUT2D eigenvalue weighted by molar-refractivity contribution is 7.87. The summed E-state index contributed by atoms with van der Waals surface area (Å²) in [6.45, 7) is 4.58. The van der Waals surface area contributed by atoms with Crippen molar-refractivity contribution >= 4 is 16.0 Å². The van der Waals surface area contributed by atoms with Crippen LogP contribution in [-0.4, -0.2) is 42.9 Å². The lowest BCUT2D eigenvalue weighted by atomic mass is 10.0. The minimum absolute atomic E-state index is 0.154. The lowest BCUT2D eigenvalue weighted by Crippen LogP contribution is -2.51. The van der Waals surface area contributed by atoms with Crippen LogP contribution in [0.4, 0.5) is 0 Å². The molecule has 1 aliphatic rings. The molecule has 4 N–H and O–H groups in total. The van der Waals surface area contributed by atoms with Crippen molar-refractivity contribution in [1.29, 1.82) is 0 Å². The summed E-state index contributed by atoms with van der Waals surface area (Å²) in [6, 6.07) is -0.720. The van der Waals surface area contributed by atoms with Crippen LogP contribution in [0.15, 0.2) is 5.16 Å². The highest BCUT2D eigenvalue weighted by atomic mass is 32.2. The van der Waals surface area contributed by atoms with Gasteiger partial charge in [-0.25, -0.2) is 0 Å². The van der Waals surface area contributed by atoms with E-state index in [1.165, 1.54) is 11.2 Å². The number of nitrogens with one attached hydrogen (secondary N) is 1. The first-order chi connectivity index (χ1) is 7.86. The second-order valence-electron chi connectivity index (χ2n) is 4.47. The van der Waals surface area contributed by atoms with Crippen LogP contribution in [0.3, 0.4) is 0 Å². The first-order valence-electron chi connectivity index (χ1n) is 5.61. The SMILES string of the molecule is CC1CCCN(S(=O)(=O)NC(C)/C(N)=N/O)C1. The molecular weight excluding hydrogens is 244 g/mol. The molecular formula is C9H20N4O3S. The predicted octanol–water partition coefficient (Wildman–Crippen LogP) is -0.312. The van der Waals surface area contributed by atoms with E-state index in [-0.39, 0.29) is 5.84 Å². The molecule has 0 aromatic heterocycles. The van der Waals surface area contributed by atoms with Crippen LogP contribution in [0, 0.1) is 5.92 Å². The van der Waals surface area contributed by atoms with E-state index in [0.717, 1.165) is 12.8 Å². The maximum Gasteiger partial charge on any atom is 0.280 e. The third-order valence-electron chi connectivity index (χ3n) is 2.84. The number of nitrogens with two attached hydrogens (primary N) is 1. The molecule has 0 saturated carbocycles. The molecule has 7 nitrogen and oxygen atoms in total. The fourth-order valence-corrected chi connectivity index (χ4v) is 3.35. The molecule has 1 rings (SSSR count). The second-order valence-corrected chi connectivity index (χ2v) is 6.18. The number of hydrogen-bond donors (Lipinski definition) is 3. The van der Waals surface area contributed by atoms with Gasteiger partial charge in [-0.3, -0.25) is 0 Å². The van der Waals surface area contributed by atoms with E-state index in [1.54, 1.807) is 0 Å². The Kier molecular flexibility index (Phi) is 4.72. The van der Waals surface area contributed by atoms with Crippen molar-refractivity contribution in [3.8, 4) is 0 Å². The van der Waals surface area contributed by atoms with Crippen LogP contribution in [0.5, 0.6) is 0 Å². The summed E-state index contributed by atoms with van der Waals surface area (Å²) in [5.74, 6) is 0.207. The number of amidine groups is 1. The van der Waals surface area contributed by atoms with Crippen molar-refractivity contribution in [2.24, 2.45) is 16.8 Å².